The maximum Gasteiger partial charge on any atom is 0.414 e. The normalized spacial score (nSPS) is 15.8. The second kappa shape index (κ2) is 7.50. The molecule has 2 aromatic carbocycles. The SMILES string of the molecule is COc1cc2c(cc1C#N)C(Cc1ccc(Cl)c(Cl)c1)N(C(=O)O)C(O)=C2O. The van der Waals surface area contributed by atoms with Gasteiger partial charge >= 0.3 is 6.09 Å². The van der Waals surface area contributed by atoms with Gasteiger partial charge in [-0.2, -0.15) is 5.26 Å². The van der Waals surface area contributed by atoms with Crippen LogP contribution in [0.15, 0.2) is 36.2 Å². The number of methoxy groups -OCH3 is 1. The summed E-state index contributed by atoms with van der Waals surface area (Å²) < 4.78 is 5.14. The first-order chi connectivity index (χ1) is 13.3. The van der Waals surface area contributed by atoms with Gasteiger partial charge < -0.3 is 20.1 Å². The average molecular weight is 421 g/mol. The minimum absolute atomic E-state index is 0.116. The topological polar surface area (TPSA) is 114 Å². The van der Waals surface area contributed by atoms with Crippen LogP contribution in [0.1, 0.15) is 28.3 Å². The molecule has 0 spiro atoms. The first kappa shape index (κ1) is 19.7. The Morgan fingerprint density at radius 1 is 1.25 bits per heavy atom. The summed E-state index contributed by atoms with van der Waals surface area (Å²) in [5.74, 6) is -1.24. The number of aliphatic hydroxyl groups excluding tert-OH is 2. The summed E-state index contributed by atoms with van der Waals surface area (Å²) in [4.78, 5) is 12.4. The number of fused-ring (bicyclic) bond motifs is 1. The maximum atomic E-state index is 11.8. The number of carbonyl (C=O) groups is 1. The molecule has 0 aliphatic carbocycles. The number of nitriles is 1. The van der Waals surface area contributed by atoms with Crippen LogP contribution in [0, 0.1) is 11.3 Å². The highest BCUT2D eigenvalue weighted by molar-refractivity contribution is 6.42. The van der Waals surface area contributed by atoms with Crippen molar-refractivity contribution in [1.82, 2.24) is 4.90 Å². The Morgan fingerprint density at radius 3 is 2.54 bits per heavy atom. The highest BCUT2D eigenvalue weighted by atomic mass is 35.5. The van der Waals surface area contributed by atoms with Crippen LogP contribution in [-0.4, -0.2) is 33.4 Å². The quantitative estimate of drug-likeness (QED) is 0.650. The van der Waals surface area contributed by atoms with Gasteiger partial charge in [-0.05, 0) is 41.8 Å². The van der Waals surface area contributed by atoms with E-state index in [1.165, 1.54) is 19.2 Å². The predicted molar refractivity (Wildman–Crippen MR) is 103 cm³/mol. The number of nitrogens with zero attached hydrogens (tertiary/aromatic N) is 2. The number of ether oxygens (including phenoxy) is 1. The fourth-order valence-electron chi connectivity index (χ4n) is 3.17. The van der Waals surface area contributed by atoms with Crippen LogP contribution >= 0.6 is 23.2 Å². The molecule has 0 bridgehead atoms. The van der Waals surface area contributed by atoms with E-state index < -0.39 is 23.8 Å². The van der Waals surface area contributed by atoms with Gasteiger partial charge in [-0.3, -0.25) is 0 Å². The first-order valence-corrected chi connectivity index (χ1v) is 8.74. The van der Waals surface area contributed by atoms with E-state index in [0.717, 1.165) is 0 Å². The summed E-state index contributed by atoms with van der Waals surface area (Å²) in [6, 6.07) is 8.74. The van der Waals surface area contributed by atoms with Gasteiger partial charge in [-0.25, -0.2) is 9.69 Å². The highest BCUT2D eigenvalue weighted by Crippen LogP contribution is 2.42. The van der Waals surface area contributed by atoms with Crippen molar-refractivity contribution in [2.75, 3.05) is 7.11 Å². The van der Waals surface area contributed by atoms with E-state index in [4.69, 9.17) is 27.9 Å². The molecule has 1 aliphatic rings. The zero-order chi connectivity index (χ0) is 20.6. The van der Waals surface area contributed by atoms with Crippen molar-refractivity contribution >= 4 is 35.1 Å². The molecule has 1 atom stereocenters. The largest absolute Gasteiger partial charge is 0.503 e. The summed E-state index contributed by atoms with van der Waals surface area (Å²) in [5.41, 5.74) is 1.34. The van der Waals surface area contributed by atoms with Crippen molar-refractivity contribution < 1.29 is 24.9 Å². The molecule has 0 saturated heterocycles. The van der Waals surface area contributed by atoms with E-state index in [2.05, 4.69) is 0 Å². The van der Waals surface area contributed by atoms with Crippen molar-refractivity contribution in [1.29, 1.82) is 5.26 Å². The molecule has 28 heavy (non-hydrogen) atoms. The van der Waals surface area contributed by atoms with Gasteiger partial charge in [0.05, 0.1) is 28.8 Å². The summed E-state index contributed by atoms with van der Waals surface area (Å²) in [7, 11) is 1.36. The summed E-state index contributed by atoms with van der Waals surface area (Å²) in [6.07, 6.45) is -1.35. The third-order valence-corrected chi connectivity index (χ3v) is 5.22. The molecule has 9 heteroatoms. The smallest absolute Gasteiger partial charge is 0.414 e. The number of benzene rings is 2. The minimum atomic E-state index is -1.46. The number of hydrogen-bond acceptors (Lipinski definition) is 5. The molecule has 3 N–H and O–H groups in total. The Bertz CT molecular complexity index is 1050. The van der Waals surface area contributed by atoms with Crippen LogP contribution in [0.4, 0.5) is 4.79 Å². The number of amides is 1. The molecule has 7 nitrogen and oxygen atoms in total. The number of hydrogen-bond donors (Lipinski definition) is 3. The number of halogens is 2. The number of aliphatic hydroxyl groups is 2. The molecule has 144 valence electrons. The molecule has 0 aromatic heterocycles. The minimum Gasteiger partial charge on any atom is -0.503 e. The summed E-state index contributed by atoms with van der Waals surface area (Å²) >= 11 is 12.0. The zero-order valence-corrected chi connectivity index (χ0v) is 16.0. The molecular formula is C19H14Cl2N2O5. The third kappa shape index (κ3) is 3.28. The van der Waals surface area contributed by atoms with E-state index >= 15 is 0 Å². The fraction of sp³-hybridized carbons (Fsp3) is 0.158. The molecular weight excluding hydrogens is 407 g/mol. The maximum absolute atomic E-state index is 11.8. The average Bonchev–Trinajstić information content (AvgIpc) is 2.67. The number of rotatable bonds is 3. The van der Waals surface area contributed by atoms with Crippen LogP contribution in [0.3, 0.4) is 0 Å². The van der Waals surface area contributed by atoms with E-state index in [1.54, 1.807) is 18.2 Å². The highest BCUT2D eigenvalue weighted by Gasteiger charge is 2.38. The van der Waals surface area contributed by atoms with Crippen LogP contribution < -0.4 is 4.74 Å². The van der Waals surface area contributed by atoms with Gasteiger partial charge in [0.25, 0.3) is 0 Å². The zero-order valence-electron chi connectivity index (χ0n) is 14.5. The lowest BCUT2D eigenvalue weighted by molar-refractivity contribution is 0.104. The first-order valence-electron chi connectivity index (χ1n) is 7.99. The molecule has 1 heterocycles. The van der Waals surface area contributed by atoms with Gasteiger partial charge in [-0.1, -0.05) is 29.3 Å². The van der Waals surface area contributed by atoms with Crippen molar-refractivity contribution in [2.45, 2.75) is 12.5 Å². The molecule has 0 radical (unpaired) electrons. The van der Waals surface area contributed by atoms with Crippen LogP contribution in [0.5, 0.6) is 5.75 Å². The molecule has 2 aromatic rings. The number of carboxylic acid groups (broad SMARTS) is 1. The van der Waals surface area contributed by atoms with Gasteiger partial charge in [0.1, 0.15) is 11.8 Å². The third-order valence-electron chi connectivity index (χ3n) is 4.48. The molecule has 1 unspecified atom stereocenters. The van der Waals surface area contributed by atoms with Crippen molar-refractivity contribution in [2.24, 2.45) is 0 Å². The molecule has 0 fully saturated rings. The Balaban J connectivity index is 2.20. The van der Waals surface area contributed by atoms with E-state index in [-0.39, 0.29) is 23.3 Å². The molecule has 1 amide bonds. The molecule has 3 rings (SSSR count). The Kier molecular flexibility index (Phi) is 5.27. The Hall–Kier alpha value is -3.08. The fourth-order valence-corrected chi connectivity index (χ4v) is 3.49. The second-order valence-electron chi connectivity index (χ2n) is 6.04. The van der Waals surface area contributed by atoms with Gasteiger partial charge in [-0.15, -0.1) is 0 Å². The predicted octanol–water partition coefficient (Wildman–Crippen LogP) is 4.89. The standard InChI is InChI=1S/C19H14Cl2N2O5/c1-28-16-7-12-11(6-10(16)8-22)15(23(19(26)27)18(25)17(12)24)5-9-2-3-13(20)14(21)4-9/h2-4,6-7,15,24-25H,5H2,1H3,(H,26,27). The Labute approximate surface area is 170 Å². The summed E-state index contributed by atoms with van der Waals surface area (Å²) in [5, 5.41) is 40.3. The van der Waals surface area contributed by atoms with Gasteiger partial charge in [0, 0.05) is 5.56 Å². The van der Waals surface area contributed by atoms with Crippen LogP contribution in [0.2, 0.25) is 10.0 Å². The van der Waals surface area contributed by atoms with E-state index in [0.29, 0.717) is 26.1 Å². The lowest BCUT2D eigenvalue weighted by Gasteiger charge is -2.34. The van der Waals surface area contributed by atoms with Crippen LogP contribution in [0.25, 0.3) is 5.76 Å². The lowest BCUT2D eigenvalue weighted by Crippen LogP contribution is -2.38. The summed E-state index contributed by atoms with van der Waals surface area (Å²) in [6.45, 7) is 0. The van der Waals surface area contributed by atoms with Crippen molar-refractivity contribution in [3.05, 3.63) is 68.5 Å². The van der Waals surface area contributed by atoms with Gasteiger partial charge in [0.2, 0.25) is 5.88 Å². The lowest BCUT2D eigenvalue weighted by atomic mass is 9.88. The monoisotopic (exact) mass is 420 g/mol. The van der Waals surface area contributed by atoms with Crippen molar-refractivity contribution in [3.8, 4) is 11.8 Å². The second-order valence-corrected chi connectivity index (χ2v) is 6.86. The van der Waals surface area contributed by atoms with Gasteiger partial charge in [0.15, 0.2) is 5.76 Å². The Morgan fingerprint density at radius 2 is 1.96 bits per heavy atom. The van der Waals surface area contributed by atoms with Crippen LogP contribution in [-0.2, 0) is 6.42 Å². The molecule has 1 aliphatic heterocycles. The van der Waals surface area contributed by atoms with Crippen molar-refractivity contribution in [3.63, 3.8) is 0 Å². The van der Waals surface area contributed by atoms with E-state index in [1.807, 2.05) is 6.07 Å². The molecule has 0 saturated carbocycles. The van der Waals surface area contributed by atoms with E-state index in [9.17, 15) is 25.4 Å².